The molecular weight excluding hydrogens is 320 g/mol. The first kappa shape index (κ1) is 17.4. The molecule has 0 saturated carbocycles. The van der Waals surface area contributed by atoms with Gasteiger partial charge in [-0.1, -0.05) is 13.3 Å². The maximum atomic E-state index is 9.47. The number of rotatable bonds is 9. The zero-order valence-corrected chi connectivity index (χ0v) is 14.4. The van der Waals surface area contributed by atoms with Crippen molar-refractivity contribution in [3.63, 3.8) is 0 Å². The van der Waals surface area contributed by atoms with Crippen molar-refractivity contribution in [2.45, 2.75) is 26.3 Å². The number of fused-ring (bicyclic) bond motifs is 3. The molecule has 0 saturated heterocycles. The van der Waals surface area contributed by atoms with Crippen molar-refractivity contribution in [3.05, 3.63) is 24.4 Å². The molecule has 1 aromatic carbocycles. The lowest BCUT2D eigenvalue weighted by Gasteiger charge is -2.10. The summed E-state index contributed by atoms with van der Waals surface area (Å²) in [6.07, 6.45) is 3.91. The molecule has 0 amide bonds. The Balaban J connectivity index is 2.06. The highest BCUT2D eigenvalue weighted by Gasteiger charge is 2.14. The summed E-state index contributed by atoms with van der Waals surface area (Å²) in [5.41, 5.74) is 2.54. The van der Waals surface area contributed by atoms with Crippen molar-refractivity contribution < 1.29 is 14.9 Å². The van der Waals surface area contributed by atoms with Crippen LogP contribution in [0, 0.1) is 0 Å². The van der Waals surface area contributed by atoms with E-state index in [0.29, 0.717) is 12.3 Å². The molecule has 0 spiro atoms. The minimum atomic E-state index is -0.0272. The van der Waals surface area contributed by atoms with Crippen LogP contribution in [-0.2, 0) is 6.54 Å². The summed E-state index contributed by atoms with van der Waals surface area (Å²) in [4.78, 5) is 9.12. The van der Waals surface area contributed by atoms with Crippen molar-refractivity contribution in [2.24, 2.45) is 0 Å². The minimum absolute atomic E-state index is 0.0272. The van der Waals surface area contributed by atoms with Gasteiger partial charge in [0.05, 0.1) is 30.4 Å². The van der Waals surface area contributed by atoms with Crippen molar-refractivity contribution >= 4 is 27.9 Å². The van der Waals surface area contributed by atoms with E-state index in [1.807, 2.05) is 22.8 Å². The Hall–Kier alpha value is -2.38. The van der Waals surface area contributed by atoms with Crippen LogP contribution in [0.2, 0.25) is 0 Å². The van der Waals surface area contributed by atoms with Crippen LogP contribution in [0.25, 0.3) is 21.9 Å². The lowest BCUT2D eigenvalue weighted by Crippen LogP contribution is -2.10. The second kappa shape index (κ2) is 8.13. The number of aliphatic hydroxyl groups excluding tert-OH is 2. The average Bonchev–Trinajstić information content (AvgIpc) is 2.98. The van der Waals surface area contributed by atoms with E-state index < -0.39 is 0 Å². The van der Waals surface area contributed by atoms with Gasteiger partial charge in [-0.15, -0.1) is 0 Å². The molecule has 0 bridgehead atoms. The van der Waals surface area contributed by atoms with Crippen LogP contribution in [-0.4, -0.2) is 51.1 Å². The van der Waals surface area contributed by atoms with Crippen molar-refractivity contribution in [1.29, 1.82) is 0 Å². The molecule has 25 heavy (non-hydrogen) atoms. The lowest BCUT2D eigenvalue weighted by atomic mass is 10.2. The van der Waals surface area contributed by atoms with Crippen LogP contribution < -0.4 is 10.1 Å². The smallest absolute Gasteiger partial charge is 0.204 e. The van der Waals surface area contributed by atoms with Crippen LogP contribution in [0.5, 0.6) is 5.75 Å². The summed E-state index contributed by atoms with van der Waals surface area (Å²) in [5, 5.41) is 22.7. The Labute approximate surface area is 146 Å². The summed E-state index contributed by atoms with van der Waals surface area (Å²) in [6, 6.07) is 5.66. The Bertz CT molecular complexity index is 847. The number of hydrogen-bond donors (Lipinski definition) is 3. The van der Waals surface area contributed by atoms with Gasteiger partial charge in [-0.05, 0) is 18.6 Å². The number of unbranched alkanes of at least 4 members (excludes halogenated alkanes) is 1. The monoisotopic (exact) mass is 344 g/mol. The second-order valence-electron chi connectivity index (χ2n) is 5.83. The first-order valence-electron chi connectivity index (χ1n) is 8.66. The Morgan fingerprint density at radius 3 is 2.84 bits per heavy atom. The van der Waals surface area contributed by atoms with Gasteiger partial charge in [-0.3, -0.25) is 4.98 Å². The van der Waals surface area contributed by atoms with E-state index in [0.717, 1.165) is 47.3 Å². The normalized spacial score (nSPS) is 11.3. The van der Waals surface area contributed by atoms with Gasteiger partial charge in [0, 0.05) is 24.5 Å². The molecule has 0 aliphatic carbocycles. The largest absolute Gasteiger partial charge is 0.491 e. The molecule has 3 aromatic rings. The third kappa shape index (κ3) is 3.67. The fourth-order valence-corrected chi connectivity index (χ4v) is 2.88. The van der Waals surface area contributed by atoms with Gasteiger partial charge in [0.15, 0.2) is 0 Å². The van der Waals surface area contributed by atoms with Crippen molar-refractivity contribution in [2.75, 3.05) is 31.7 Å². The second-order valence-corrected chi connectivity index (χ2v) is 5.83. The zero-order chi connectivity index (χ0) is 17.6. The summed E-state index contributed by atoms with van der Waals surface area (Å²) < 4.78 is 7.46. The van der Waals surface area contributed by atoms with Crippen LogP contribution in [0.4, 0.5) is 5.95 Å². The Morgan fingerprint density at radius 1 is 1.20 bits per heavy atom. The topological polar surface area (TPSA) is 92.4 Å². The highest BCUT2D eigenvalue weighted by Crippen LogP contribution is 2.29. The summed E-state index contributed by atoms with van der Waals surface area (Å²) in [6.45, 7) is 3.71. The maximum Gasteiger partial charge on any atom is 0.204 e. The van der Waals surface area contributed by atoms with E-state index in [1.165, 1.54) is 0 Å². The van der Waals surface area contributed by atoms with E-state index >= 15 is 0 Å². The van der Waals surface area contributed by atoms with Crippen molar-refractivity contribution in [1.82, 2.24) is 14.5 Å². The molecule has 0 atom stereocenters. The van der Waals surface area contributed by atoms with Gasteiger partial charge in [0.2, 0.25) is 5.95 Å². The number of hydrogen-bond acceptors (Lipinski definition) is 6. The molecular formula is C18H24N4O3. The van der Waals surface area contributed by atoms with Crippen molar-refractivity contribution in [3.8, 4) is 5.75 Å². The Kier molecular flexibility index (Phi) is 5.67. The third-order valence-electron chi connectivity index (χ3n) is 4.04. The molecule has 0 radical (unpaired) electrons. The summed E-state index contributed by atoms with van der Waals surface area (Å²) in [7, 11) is 0. The predicted molar refractivity (Wildman–Crippen MR) is 98.1 cm³/mol. The van der Waals surface area contributed by atoms with Crippen LogP contribution in [0.3, 0.4) is 0 Å². The lowest BCUT2D eigenvalue weighted by molar-refractivity contribution is 0.201. The zero-order valence-electron chi connectivity index (χ0n) is 14.4. The number of aromatic nitrogens is 3. The number of anilines is 1. The van der Waals surface area contributed by atoms with Gasteiger partial charge in [0.25, 0.3) is 0 Å². The maximum absolute atomic E-state index is 9.47. The molecule has 2 aromatic heterocycles. The van der Waals surface area contributed by atoms with E-state index in [-0.39, 0.29) is 19.8 Å². The van der Waals surface area contributed by atoms with Crippen LogP contribution in [0.15, 0.2) is 24.4 Å². The summed E-state index contributed by atoms with van der Waals surface area (Å²) >= 11 is 0. The van der Waals surface area contributed by atoms with Gasteiger partial charge in [-0.2, -0.15) is 0 Å². The molecule has 0 aliphatic rings. The predicted octanol–water partition coefficient (Wildman–Crippen LogP) is 2.16. The van der Waals surface area contributed by atoms with Crippen LogP contribution in [0.1, 0.15) is 19.8 Å². The van der Waals surface area contributed by atoms with Crippen LogP contribution >= 0.6 is 0 Å². The number of pyridine rings is 1. The molecule has 0 fully saturated rings. The fourth-order valence-electron chi connectivity index (χ4n) is 2.88. The number of nitrogens with one attached hydrogen (secondary N) is 1. The highest BCUT2D eigenvalue weighted by atomic mass is 16.5. The first-order valence-corrected chi connectivity index (χ1v) is 8.66. The quantitative estimate of drug-likeness (QED) is 0.515. The fraction of sp³-hybridized carbons (Fsp3) is 0.444. The number of imidazole rings is 1. The SMILES string of the molecule is CCCCNc1nc2cnc3cc(OCCO)ccc3c2n1CCO. The molecule has 3 N–H and O–H groups in total. The number of benzene rings is 1. The summed E-state index contributed by atoms with van der Waals surface area (Å²) in [5.74, 6) is 1.43. The van der Waals surface area contributed by atoms with Gasteiger partial charge >= 0.3 is 0 Å². The number of aliphatic hydroxyl groups is 2. The highest BCUT2D eigenvalue weighted by molar-refractivity contribution is 6.03. The molecule has 2 heterocycles. The van der Waals surface area contributed by atoms with E-state index in [1.54, 1.807) is 6.20 Å². The number of ether oxygens (including phenoxy) is 1. The van der Waals surface area contributed by atoms with Gasteiger partial charge in [-0.25, -0.2) is 4.98 Å². The molecule has 0 aliphatic heterocycles. The van der Waals surface area contributed by atoms with Gasteiger partial charge < -0.3 is 24.8 Å². The van der Waals surface area contributed by atoms with E-state index in [2.05, 4.69) is 22.2 Å². The molecule has 0 unspecified atom stereocenters. The molecule has 3 rings (SSSR count). The third-order valence-corrected chi connectivity index (χ3v) is 4.04. The van der Waals surface area contributed by atoms with E-state index in [9.17, 15) is 5.11 Å². The number of nitrogens with zero attached hydrogens (tertiary/aromatic N) is 3. The standard InChI is InChI=1S/C18H24N4O3/c1-2-3-6-19-18-21-16-12-20-15-11-13(25-10-9-24)4-5-14(15)17(16)22(18)7-8-23/h4-5,11-12,23-24H,2-3,6-10H2,1H3,(H,19,21). The molecule has 7 heteroatoms. The Morgan fingerprint density at radius 2 is 2.08 bits per heavy atom. The molecule has 134 valence electrons. The minimum Gasteiger partial charge on any atom is -0.491 e. The van der Waals surface area contributed by atoms with E-state index in [4.69, 9.17) is 9.84 Å². The average molecular weight is 344 g/mol. The first-order chi connectivity index (χ1) is 12.3. The van der Waals surface area contributed by atoms with Gasteiger partial charge in [0.1, 0.15) is 17.9 Å². The molecule has 7 nitrogen and oxygen atoms in total.